The number of benzene rings is 2. The normalized spacial score (nSPS) is 16.7. The summed E-state index contributed by atoms with van der Waals surface area (Å²) in [6, 6.07) is 11.6. The third-order valence-corrected chi connectivity index (χ3v) is 4.94. The highest BCUT2D eigenvalue weighted by Gasteiger charge is 2.35. The van der Waals surface area contributed by atoms with Crippen LogP contribution in [0.4, 0.5) is 5.69 Å². The number of carbonyl (C=O) groups is 2. The minimum atomic E-state index is -0.513. The molecule has 0 spiro atoms. The minimum absolute atomic E-state index is 0. The summed E-state index contributed by atoms with van der Waals surface area (Å²) < 4.78 is 16.1. The number of nitrogens with two attached hydrogens (primary N) is 1. The third kappa shape index (κ3) is 4.60. The Morgan fingerprint density at radius 3 is 2.67 bits per heavy atom. The molecule has 0 radical (unpaired) electrons. The fourth-order valence-corrected chi connectivity index (χ4v) is 3.51. The van der Waals surface area contributed by atoms with E-state index < -0.39 is 6.04 Å². The third-order valence-electron chi connectivity index (χ3n) is 4.94. The molecule has 0 bridgehead atoms. The molecule has 2 aliphatic heterocycles. The molecule has 0 aromatic heterocycles. The predicted octanol–water partition coefficient (Wildman–Crippen LogP) is 2.42. The van der Waals surface area contributed by atoms with Crippen molar-refractivity contribution in [1.82, 2.24) is 4.90 Å². The van der Waals surface area contributed by atoms with Gasteiger partial charge in [0.25, 0.3) is 5.91 Å². The van der Waals surface area contributed by atoms with Gasteiger partial charge in [0.15, 0.2) is 11.5 Å². The molecule has 1 saturated heterocycles. The maximum Gasteiger partial charge on any atom is 0.254 e. The first-order chi connectivity index (χ1) is 14.2. The van der Waals surface area contributed by atoms with Crippen LogP contribution in [0.3, 0.4) is 0 Å². The molecular weight excluding hydrogens is 410 g/mol. The van der Waals surface area contributed by atoms with Crippen molar-refractivity contribution in [2.45, 2.75) is 18.9 Å². The Labute approximate surface area is 180 Å². The highest BCUT2D eigenvalue weighted by atomic mass is 35.5. The van der Waals surface area contributed by atoms with E-state index in [0.29, 0.717) is 54.6 Å². The van der Waals surface area contributed by atoms with Gasteiger partial charge in [-0.1, -0.05) is 0 Å². The second-order valence-corrected chi connectivity index (χ2v) is 6.88. The summed E-state index contributed by atoms with van der Waals surface area (Å²) in [5.41, 5.74) is 6.55. The largest absolute Gasteiger partial charge is 0.492 e. The quantitative estimate of drug-likeness (QED) is 0.725. The molecule has 2 amide bonds. The van der Waals surface area contributed by atoms with Crippen molar-refractivity contribution in [2.75, 3.05) is 31.8 Å². The average molecular weight is 434 g/mol. The summed E-state index contributed by atoms with van der Waals surface area (Å²) in [7, 11) is 0. The van der Waals surface area contributed by atoms with Crippen molar-refractivity contribution >= 4 is 29.9 Å². The number of nitrogens with zero attached hydrogens (tertiary/aromatic N) is 1. The second kappa shape index (κ2) is 9.69. The first-order valence-electron chi connectivity index (χ1n) is 9.60. The van der Waals surface area contributed by atoms with E-state index >= 15 is 0 Å². The SMILES string of the molecule is Cl.NCCOc1ccc(NC(=O)C2CCCN2C(=O)c2ccc3c(c2)OCO3)cc1. The Bertz CT molecular complexity index is 906. The smallest absolute Gasteiger partial charge is 0.254 e. The molecule has 9 heteroatoms. The molecule has 8 nitrogen and oxygen atoms in total. The van der Waals surface area contributed by atoms with Crippen LogP contribution < -0.4 is 25.3 Å². The lowest BCUT2D eigenvalue weighted by Gasteiger charge is -2.24. The topological polar surface area (TPSA) is 103 Å². The molecule has 160 valence electrons. The Hall–Kier alpha value is -2.97. The van der Waals surface area contributed by atoms with Crippen molar-refractivity contribution in [2.24, 2.45) is 5.73 Å². The van der Waals surface area contributed by atoms with Gasteiger partial charge in [-0.25, -0.2) is 0 Å². The fraction of sp³-hybridized carbons (Fsp3) is 0.333. The van der Waals surface area contributed by atoms with Crippen LogP contribution in [-0.2, 0) is 4.79 Å². The monoisotopic (exact) mass is 433 g/mol. The highest BCUT2D eigenvalue weighted by molar-refractivity contribution is 6.01. The number of hydrogen-bond acceptors (Lipinski definition) is 6. The van der Waals surface area contributed by atoms with E-state index in [1.54, 1.807) is 47.4 Å². The number of halogens is 1. The van der Waals surface area contributed by atoms with Crippen molar-refractivity contribution in [1.29, 1.82) is 0 Å². The van der Waals surface area contributed by atoms with E-state index in [0.717, 1.165) is 6.42 Å². The fourth-order valence-electron chi connectivity index (χ4n) is 3.51. The molecule has 30 heavy (non-hydrogen) atoms. The summed E-state index contributed by atoms with van der Waals surface area (Å²) in [5, 5.41) is 2.89. The van der Waals surface area contributed by atoms with Crippen molar-refractivity contribution in [3.8, 4) is 17.2 Å². The highest BCUT2D eigenvalue weighted by Crippen LogP contribution is 2.33. The number of likely N-dealkylation sites (tertiary alicyclic amines) is 1. The average Bonchev–Trinajstić information content (AvgIpc) is 3.41. The zero-order valence-corrected chi connectivity index (χ0v) is 17.2. The summed E-state index contributed by atoms with van der Waals surface area (Å²) in [5.74, 6) is 1.47. The molecule has 1 fully saturated rings. The molecule has 1 unspecified atom stereocenters. The van der Waals surface area contributed by atoms with Crippen LogP contribution in [0.15, 0.2) is 42.5 Å². The lowest BCUT2D eigenvalue weighted by molar-refractivity contribution is -0.119. The Balaban J connectivity index is 0.00000256. The van der Waals surface area contributed by atoms with Crippen molar-refractivity contribution in [3.05, 3.63) is 48.0 Å². The van der Waals surface area contributed by atoms with Gasteiger partial charge in [0.2, 0.25) is 12.7 Å². The summed E-state index contributed by atoms with van der Waals surface area (Å²) in [4.78, 5) is 27.4. The molecule has 0 saturated carbocycles. The molecular formula is C21H24ClN3O5. The number of nitrogens with one attached hydrogen (secondary N) is 1. The van der Waals surface area contributed by atoms with Crippen LogP contribution in [0.1, 0.15) is 23.2 Å². The van der Waals surface area contributed by atoms with Crippen LogP contribution in [0.25, 0.3) is 0 Å². The van der Waals surface area contributed by atoms with E-state index in [4.69, 9.17) is 19.9 Å². The minimum Gasteiger partial charge on any atom is -0.492 e. The van der Waals surface area contributed by atoms with E-state index in [1.165, 1.54) is 0 Å². The lowest BCUT2D eigenvalue weighted by Crippen LogP contribution is -2.43. The van der Waals surface area contributed by atoms with Crippen LogP contribution in [0.2, 0.25) is 0 Å². The van der Waals surface area contributed by atoms with Gasteiger partial charge >= 0.3 is 0 Å². The number of hydrogen-bond donors (Lipinski definition) is 2. The van der Waals surface area contributed by atoms with Gasteiger partial charge in [-0.05, 0) is 55.3 Å². The first kappa shape index (κ1) is 21.7. The zero-order valence-electron chi connectivity index (χ0n) is 16.3. The van der Waals surface area contributed by atoms with Gasteiger partial charge in [0, 0.05) is 24.3 Å². The first-order valence-corrected chi connectivity index (χ1v) is 9.60. The maximum absolute atomic E-state index is 13.0. The number of ether oxygens (including phenoxy) is 3. The number of anilines is 1. The van der Waals surface area contributed by atoms with E-state index in [9.17, 15) is 9.59 Å². The van der Waals surface area contributed by atoms with Gasteiger partial charge in [0.05, 0.1) is 0 Å². The maximum atomic E-state index is 13.0. The molecule has 4 rings (SSSR count). The number of carbonyl (C=O) groups excluding carboxylic acids is 2. The summed E-state index contributed by atoms with van der Waals surface area (Å²) >= 11 is 0. The summed E-state index contributed by atoms with van der Waals surface area (Å²) in [6.07, 6.45) is 1.40. The molecule has 0 aliphatic carbocycles. The van der Waals surface area contributed by atoms with Gasteiger partial charge < -0.3 is 30.2 Å². The molecule has 2 heterocycles. The molecule has 2 aliphatic rings. The predicted molar refractivity (Wildman–Crippen MR) is 113 cm³/mol. The van der Waals surface area contributed by atoms with Gasteiger partial charge in [-0.2, -0.15) is 0 Å². The van der Waals surface area contributed by atoms with E-state index in [-0.39, 0.29) is 31.0 Å². The Kier molecular flexibility index (Phi) is 7.02. The van der Waals surface area contributed by atoms with Crippen LogP contribution in [-0.4, -0.2) is 49.2 Å². The van der Waals surface area contributed by atoms with Gasteiger partial charge in [0.1, 0.15) is 18.4 Å². The molecule has 2 aromatic rings. The lowest BCUT2D eigenvalue weighted by atomic mass is 10.1. The molecule has 1 atom stereocenters. The molecule has 2 aromatic carbocycles. The molecule has 3 N–H and O–H groups in total. The summed E-state index contributed by atoms with van der Waals surface area (Å²) in [6.45, 7) is 1.56. The van der Waals surface area contributed by atoms with Crippen LogP contribution >= 0.6 is 12.4 Å². The standard InChI is InChI=1S/C21H23N3O5.ClH/c22-9-11-27-16-6-4-15(5-7-16)23-20(25)17-2-1-10-24(17)21(26)14-3-8-18-19(12-14)29-13-28-18;/h3-8,12,17H,1-2,9-11,13,22H2,(H,23,25);1H. The number of fused-ring (bicyclic) bond motifs is 1. The van der Waals surface area contributed by atoms with Crippen LogP contribution in [0, 0.1) is 0 Å². The second-order valence-electron chi connectivity index (χ2n) is 6.88. The number of amides is 2. The van der Waals surface area contributed by atoms with Crippen LogP contribution in [0.5, 0.6) is 17.2 Å². The van der Waals surface area contributed by atoms with Gasteiger partial charge in [-0.3, -0.25) is 9.59 Å². The zero-order chi connectivity index (χ0) is 20.2. The van der Waals surface area contributed by atoms with Crippen molar-refractivity contribution in [3.63, 3.8) is 0 Å². The number of rotatable bonds is 6. The van der Waals surface area contributed by atoms with E-state index in [2.05, 4.69) is 5.32 Å². The Morgan fingerprint density at radius 2 is 1.90 bits per heavy atom. The van der Waals surface area contributed by atoms with E-state index in [1.807, 2.05) is 0 Å². The van der Waals surface area contributed by atoms with Gasteiger partial charge in [-0.15, -0.1) is 12.4 Å². The van der Waals surface area contributed by atoms with Crippen molar-refractivity contribution < 1.29 is 23.8 Å². The Morgan fingerprint density at radius 1 is 1.13 bits per heavy atom.